The normalized spacial score (nSPS) is 10.5. The third-order valence-electron chi connectivity index (χ3n) is 2.36. The first-order valence-corrected chi connectivity index (χ1v) is 7.98. The van der Waals surface area contributed by atoms with Crippen LogP contribution < -0.4 is 5.32 Å². The standard InChI is InChI=1S/C13H14FN3OS2/c1-2-3-12-16-17-13(20-12)15-11(18)8-19-10-6-4-9(14)5-7-10/h4-7H,2-3,8H2,1H3,(H,15,17,18). The summed E-state index contributed by atoms with van der Waals surface area (Å²) in [7, 11) is 0. The van der Waals surface area contributed by atoms with Crippen molar-refractivity contribution in [3.8, 4) is 0 Å². The number of rotatable bonds is 6. The summed E-state index contributed by atoms with van der Waals surface area (Å²) >= 11 is 2.75. The predicted octanol–water partition coefficient (Wildman–Crippen LogP) is 3.36. The lowest BCUT2D eigenvalue weighted by Gasteiger charge is -2.01. The summed E-state index contributed by atoms with van der Waals surface area (Å²) in [6.45, 7) is 2.07. The van der Waals surface area contributed by atoms with Gasteiger partial charge in [-0.3, -0.25) is 10.1 Å². The molecule has 0 aliphatic heterocycles. The van der Waals surface area contributed by atoms with Crippen molar-refractivity contribution in [2.24, 2.45) is 0 Å². The fourth-order valence-corrected chi connectivity index (χ4v) is 3.01. The van der Waals surface area contributed by atoms with Crippen LogP contribution in [0.4, 0.5) is 9.52 Å². The minimum Gasteiger partial charge on any atom is -0.300 e. The molecular formula is C13H14FN3OS2. The van der Waals surface area contributed by atoms with Gasteiger partial charge in [0.15, 0.2) is 0 Å². The van der Waals surface area contributed by atoms with Crippen molar-refractivity contribution in [3.05, 3.63) is 35.1 Å². The highest BCUT2D eigenvalue weighted by Crippen LogP contribution is 2.20. The van der Waals surface area contributed by atoms with Crippen LogP contribution in [0.25, 0.3) is 0 Å². The van der Waals surface area contributed by atoms with Crippen molar-refractivity contribution >= 4 is 34.1 Å². The number of halogens is 1. The Bertz CT molecular complexity index is 571. The number of benzene rings is 1. The van der Waals surface area contributed by atoms with Crippen LogP contribution >= 0.6 is 23.1 Å². The third-order valence-corrected chi connectivity index (χ3v) is 4.27. The van der Waals surface area contributed by atoms with E-state index in [-0.39, 0.29) is 17.5 Å². The molecule has 4 nitrogen and oxygen atoms in total. The van der Waals surface area contributed by atoms with Gasteiger partial charge < -0.3 is 0 Å². The number of carbonyl (C=O) groups excluding carboxylic acids is 1. The lowest BCUT2D eigenvalue weighted by atomic mass is 10.4. The maximum absolute atomic E-state index is 12.7. The van der Waals surface area contributed by atoms with Gasteiger partial charge in [-0.1, -0.05) is 18.3 Å². The van der Waals surface area contributed by atoms with Gasteiger partial charge in [0, 0.05) is 11.3 Å². The molecule has 0 saturated carbocycles. The van der Waals surface area contributed by atoms with Crippen LogP contribution in [0.5, 0.6) is 0 Å². The lowest BCUT2D eigenvalue weighted by Crippen LogP contribution is -2.13. The summed E-state index contributed by atoms with van der Waals surface area (Å²) in [6, 6.07) is 6.05. The quantitative estimate of drug-likeness (QED) is 0.831. The van der Waals surface area contributed by atoms with Crippen LogP contribution in [0.1, 0.15) is 18.4 Å². The first-order valence-electron chi connectivity index (χ1n) is 6.18. The number of aromatic nitrogens is 2. The molecule has 0 radical (unpaired) electrons. The number of aryl methyl sites for hydroxylation is 1. The zero-order valence-corrected chi connectivity index (χ0v) is 12.6. The number of hydrogen-bond acceptors (Lipinski definition) is 5. The molecule has 0 aliphatic carbocycles. The van der Waals surface area contributed by atoms with Gasteiger partial charge in [0.2, 0.25) is 11.0 Å². The molecule has 0 fully saturated rings. The summed E-state index contributed by atoms with van der Waals surface area (Å²) in [5, 5.41) is 12.1. The summed E-state index contributed by atoms with van der Waals surface area (Å²) in [5.41, 5.74) is 0. The summed E-state index contributed by atoms with van der Waals surface area (Å²) in [6.07, 6.45) is 1.88. The highest BCUT2D eigenvalue weighted by Gasteiger charge is 2.08. The van der Waals surface area contributed by atoms with Gasteiger partial charge in [-0.15, -0.1) is 22.0 Å². The van der Waals surface area contributed by atoms with Crippen molar-refractivity contribution < 1.29 is 9.18 Å². The smallest absolute Gasteiger partial charge is 0.236 e. The second-order valence-electron chi connectivity index (χ2n) is 4.04. The Balaban J connectivity index is 1.81. The number of amides is 1. The number of carbonyl (C=O) groups is 1. The molecule has 0 spiro atoms. The van der Waals surface area contributed by atoms with E-state index in [4.69, 9.17) is 0 Å². The Labute approximate surface area is 124 Å². The fraction of sp³-hybridized carbons (Fsp3) is 0.308. The number of nitrogens with zero attached hydrogens (tertiary/aromatic N) is 2. The van der Waals surface area contributed by atoms with E-state index >= 15 is 0 Å². The summed E-state index contributed by atoms with van der Waals surface area (Å²) in [4.78, 5) is 12.6. The van der Waals surface area contributed by atoms with Gasteiger partial charge >= 0.3 is 0 Å². The summed E-state index contributed by atoms with van der Waals surface area (Å²) in [5.74, 6) is -0.163. The van der Waals surface area contributed by atoms with Gasteiger partial charge in [-0.05, 0) is 30.7 Å². The molecule has 2 aromatic rings. The van der Waals surface area contributed by atoms with Crippen molar-refractivity contribution in [2.45, 2.75) is 24.7 Å². The van der Waals surface area contributed by atoms with Crippen molar-refractivity contribution in [1.82, 2.24) is 10.2 Å². The second kappa shape index (κ2) is 7.35. The summed E-state index contributed by atoms with van der Waals surface area (Å²) < 4.78 is 12.7. The van der Waals surface area contributed by atoms with E-state index < -0.39 is 0 Å². The number of anilines is 1. The maximum atomic E-state index is 12.7. The molecule has 20 heavy (non-hydrogen) atoms. The SMILES string of the molecule is CCCc1nnc(NC(=O)CSc2ccc(F)cc2)s1. The van der Waals surface area contributed by atoms with Gasteiger partial charge in [-0.2, -0.15) is 0 Å². The molecule has 1 heterocycles. The van der Waals surface area contributed by atoms with Gasteiger partial charge in [0.25, 0.3) is 0 Å². The molecule has 1 aromatic heterocycles. The molecular weight excluding hydrogens is 297 g/mol. The molecule has 106 valence electrons. The van der Waals surface area contributed by atoms with E-state index in [1.54, 1.807) is 12.1 Å². The minimum absolute atomic E-state index is 0.140. The Morgan fingerprint density at radius 2 is 2.10 bits per heavy atom. The van der Waals surface area contributed by atoms with E-state index in [1.165, 1.54) is 35.2 Å². The molecule has 0 atom stereocenters. The second-order valence-corrected chi connectivity index (χ2v) is 6.15. The zero-order valence-electron chi connectivity index (χ0n) is 10.9. The molecule has 7 heteroatoms. The fourth-order valence-electron chi connectivity index (χ4n) is 1.45. The number of hydrogen-bond donors (Lipinski definition) is 1. The van der Waals surface area contributed by atoms with Crippen molar-refractivity contribution in [2.75, 3.05) is 11.1 Å². The monoisotopic (exact) mass is 311 g/mol. The molecule has 0 bridgehead atoms. The topological polar surface area (TPSA) is 54.9 Å². The Morgan fingerprint density at radius 3 is 2.80 bits per heavy atom. The number of thioether (sulfide) groups is 1. The van der Waals surface area contributed by atoms with Gasteiger partial charge in [-0.25, -0.2) is 4.39 Å². The maximum Gasteiger partial charge on any atom is 0.236 e. The average molecular weight is 311 g/mol. The Morgan fingerprint density at radius 1 is 1.35 bits per heavy atom. The van der Waals surface area contributed by atoms with E-state index in [9.17, 15) is 9.18 Å². The Kier molecular flexibility index (Phi) is 5.49. The first-order chi connectivity index (χ1) is 9.67. The molecule has 1 N–H and O–H groups in total. The molecule has 1 amide bonds. The zero-order chi connectivity index (χ0) is 14.4. The largest absolute Gasteiger partial charge is 0.300 e. The molecule has 2 rings (SSSR count). The van der Waals surface area contributed by atoms with Gasteiger partial charge in [0.05, 0.1) is 5.75 Å². The van der Waals surface area contributed by atoms with Gasteiger partial charge in [0.1, 0.15) is 10.8 Å². The minimum atomic E-state index is -0.281. The average Bonchev–Trinajstić information content (AvgIpc) is 2.86. The van der Waals surface area contributed by atoms with E-state index in [1.807, 2.05) is 0 Å². The molecule has 0 unspecified atom stereocenters. The van der Waals surface area contributed by atoms with Crippen molar-refractivity contribution in [1.29, 1.82) is 0 Å². The highest BCUT2D eigenvalue weighted by molar-refractivity contribution is 8.00. The van der Waals surface area contributed by atoms with Crippen LogP contribution in [0.15, 0.2) is 29.2 Å². The van der Waals surface area contributed by atoms with Crippen LogP contribution in [0.3, 0.4) is 0 Å². The van der Waals surface area contributed by atoms with Crippen molar-refractivity contribution in [3.63, 3.8) is 0 Å². The van der Waals surface area contributed by atoms with E-state index in [0.717, 1.165) is 22.7 Å². The highest BCUT2D eigenvalue weighted by atomic mass is 32.2. The van der Waals surface area contributed by atoms with Crippen LogP contribution in [0.2, 0.25) is 0 Å². The van der Waals surface area contributed by atoms with Crippen LogP contribution in [-0.2, 0) is 11.2 Å². The number of nitrogens with one attached hydrogen (secondary N) is 1. The van der Waals surface area contributed by atoms with Crippen LogP contribution in [-0.4, -0.2) is 21.9 Å². The van der Waals surface area contributed by atoms with E-state index in [2.05, 4.69) is 22.4 Å². The molecule has 1 aromatic carbocycles. The molecule has 0 saturated heterocycles. The predicted molar refractivity (Wildman–Crippen MR) is 79.7 cm³/mol. The Hall–Kier alpha value is -1.47. The molecule has 0 aliphatic rings. The van der Waals surface area contributed by atoms with E-state index in [0.29, 0.717) is 5.13 Å². The van der Waals surface area contributed by atoms with Crippen LogP contribution in [0, 0.1) is 5.82 Å². The third kappa shape index (κ3) is 4.57. The lowest BCUT2D eigenvalue weighted by molar-refractivity contribution is -0.113. The first kappa shape index (κ1) is 14.9.